The second kappa shape index (κ2) is 10.8. The van der Waals surface area contributed by atoms with Gasteiger partial charge in [-0.05, 0) is 86.3 Å². The highest BCUT2D eigenvalue weighted by Crippen LogP contribution is 2.40. The van der Waals surface area contributed by atoms with E-state index in [0.717, 1.165) is 60.4 Å². The Labute approximate surface area is 244 Å². The van der Waals surface area contributed by atoms with E-state index in [2.05, 4.69) is 14.9 Å². The molecule has 1 N–H and O–H groups in total. The summed E-state index contributed by atoms with van der Waals surface area (Å²) in [6.45, 7) is 2.02. The molecule has 3 heterocycles. The number of amides is 2. The highest BCUT2D eigenvalue weighted by Gasteiger charge is 2.46. The Morgan fingerprint density at radius 2 is 1.33 bits per heavy atom. The molecule has 4 aromatic carbocycles. The lowest BCUT2D eigenvalue weighted by Crippen LogP contribution is -2.55. The summed E-state index contributed by atoms with van der Waals surface area (Å²) < 4.78 is 5.87. The van der Waals surface area contributed by atoms with E-state index in [1.165, 1.54) is 0 Å². The fourth-order valence-electron chi connectivity index (χ4n) is 6.39. The first-order valence-electron chi connectivity index (χ1n) is 14.6. The fraction of sp³-hybridized carbons (Fsp3) is 0.229. The third-order valence-corrected chi connectivity index (χ3v) is 8.70. The van der Waals surface area contributed by atoms with Crippen LogP contribution >= 0.6 is 0 Å². The molecule has 0 atom stereocenters. The highest BCUT2D eigenvalue weighted by molar-refractivity contribution is 5.96. The molecule has 0 aliphatic carbocycles. The number of likely N-dealkylation sites (tertiary alicyclic amines) is 2. The van der Waals surface area contributed by atoms with E-state index >= 15 is 0 Å². The minimum Gasteiger partial charge on any atom is -0.457 e. The number of para-hydroxylation sites is 3. The SMILES string of the molecule is O=C(c1ccc(Oc2ccccc2)cc1)N1CCC2(CCCN2C(=O)c2ccc(-c3nc4ccccc4[nH]3)cc2)CC1. The quantitative estimate of drug-likeness (QED) is 0.255. The van der Waals surface area contributed by atoms with Gasteiger partial charge < -0.3 is 19.5 Å². The summed E-state index contributed by atoms with van der Waals surface area (Å²) in [7, 11) is 0. The van der Waals surface area contributed by atoms with E-state index in [-0.39, 0.29) is 17.4 Å². The van der Waals surface area contributed by atoms with Crippen LogP contribution in [0.5, 0.6) is 11.5 Å². The molecule has 7 rings (SSSR count). The van der Waals surface area contributed by atoms with E-state index < -0.39 is 0 Å². The second-order valence-corrected chi connectivity index (χ2v) is 11.2. The number of rotatable bonds is 5. The van der Waals surface area contributed by atoms with Crippen LogP contribution in [0.25, 0.3) is 22.4 Å². The lowest BCUT2D eigenvalue weighted by Gasteiger charge is -2.45. The highest BCUT2D eigenvalue weighted by atomic mass is 16.5. The van der Waals surface area contributed by atoms with Gasteiger partial charge in [0.25, 0.3) is 11.8 Å². The molecule has 2 saturated heterocycles. The topological polar surface area (TPSA) is 78.5 Å². The van der Waals surface area contributed by atoms with Gasteiger partial charge in [0, 0.05) is 41.9 Å². The van der Waals surface area contributed by atoms with E-state index in [1.807, 2.05) is 108 Å². The van der Waals surface area contributed by atoms with Crippen LogP contribution in [0, 0.1) is 0 Å². The number of imidazole rings is 1. The molecule has 2 amide bonds. The van der Waals surface area contributed by atoms with E-state index in [1.54, 1.807) is 0 Å². The number of hydrogen-bond acceptors (Lipinski definition) is 4. The number of carbonyl (C=O) groups is 2. The van der Waals surface area contributed by atoms with Crippen LogP contribution in [-0.4, -0.2) is 56.8 Å². The average Bonchev–Trinajstić information content (AvgIpc) is 3.66. The van der Waals surface area contributed by atoms with Crippen LogP contribution < -0.4 is 4.74 Å². The van der Waals surface area contributed by atoms with Crippen molar-refractivity contribution >= 4 is 22.8 Å². The van der Waals surface area contributed by atoms with Crippen LogP contribution in [-0.2, 0) is 0 Å². The lowest BCUT2D eigenvalue weighted by atomic mass is 9.84. The molecule has 2 fully saturated rings. The molecule has 0 saturated carbocycles. The number of nitrogens with one attached hydrogen (secondary N) is 1. The first-order valence-corrected chi connectivity index (χ1v) is 14.6. The Morgan fingerprint density at radius 3 is 2.07 bits per heavy atom. The molecule has 0 radical (unpaired) electrons. The van der Waals surface area contributed by atoms with Crippen molar-refractivity contribution in [3.8, 4) is 22.9 Å². The van der Waals surface area contributed by atoms with Crippen LogP contribution in [0.15, 0.2) is 103 Å². The first-order chi connectivity index (χ1) is 20.6. The molecular formula is C35H32N4O3. The number of aromatic nitrogens is 2. The maximum Gasteiger partial charge on any atom is 0.254 e. The maximum atomic E-state index is 13.7. The van der Waals surface area contributed by atoms with Gasteiger partial charge in [0.1, 0.15) is 17.3 Å². The number of ether oxygens (including phenoxy) is 1. The Kier molecular flexibility index (Phi) is 6.70. The van der Waals surface area contributed by atoms with Gasteiger partial charge >= 0.3 is 0 Å². The standard InChI is InChI=1S/C35H32N4O3/c40-33(26-15-17-29(18-16-26)42-28-7-2-1-3-8-28)38-23-20-35(21-24-38)19-6-22-39(35)34(41)27-13-11-25(12-14-27)32-36-30-9-4-5-10-31(30)37-32/h1-5,7-18H,6,19-24H2,(H,36,37). The summed E-state index contributed by atoms with van der Waals surface area (Å²) in [6, 6.07) is 32.6. The number of fused-ring (bicyclic) bond motifs is 1. The summed E-state index contributed by atoms with van der Waals surface area (Å²) >= 11 is 0. The predicted octanol–water partition coefficient (Wildman–Crippen LogP) is 6.93. The van der Waals surface area contributed by atoms with E-state index in [4.69, 9.17) is 4.74 Å². The number of carbonyl (C=O) groups excluding carboxylic acids is 2. The summed E-state index contributed by atoms with van der Waals surface area (Å²) in [5, 5.41) is 0. The number of piperidine rings is 1. The van der Waals surface area contributed by atoms with Crippen molar-refractivity contribution in [3.05, 3.63) is 114 Å². The van der Waals surface area contributed by atoms with Crippen LogP contribution in [0.1, 0.15) is 46.4 Å². The van der Waals surface area contributed by atoms with Gasteiger partial charge in [-0.25, -0.2) is 4.98 Å². The molecule has 7 heteroatoms. The number of benzene rings is 4. The number of H-pyrrole nitrogens is 1. The number of hydrogen-bond donors (Lipinski definition) is 1. The van der Waals surface area contributed by atoms with E-state index in [0.29, 0.717) is 30.0 Å². The molecule has 1 spiro atoms. The Morgan fingerprint density at radius 1 is 0.690 bits per heavy atom. The Hall–Kier alpha value is -4.91. The summed E-state index contributed by atoms with van der Waals surface area (Å²) in [5.74, 6) is 2.34. The van der Waals surface area contributed by atoms with Crippen molar-refractivity contribution in [2.45, 2.75) is 31.2 Å². The average molecular weight is 557 g/mol. The molecular weight excluding hydrogens is 524 g/mol. The lowest BCUT2D eigenvalue weighted by molar-refractivity contribution is 0.0343. The normalized spacial score (nSPS) is 16.2. The smallest absolute Gasteiger partial charge is 0.254 e. The van der Waals surface area contributed by atoms with Gasteiger partial charge in [0.2, 0.25) is 0 Å². The van der Waals surface area contributed by atoms with Crippen LogP contribution in [0.4, 0.5) is 0 Å². The minimum atomic E-state index is -0.196. The van der Waals surface area contributed by atoms with Gasteiger partial charge in [0.15, 0.2) is 0 Å². The zero-order valence-electron chi connectivity index (χ0n) is 23.3. The zero-order chi connectivity index (χ0) is 28.5. The van der Waals surface area contributed by atoms with Crippen molar-refractivity contribution in [2.24, 2.45) is 0 Å². The molecule has 42 heavy (non-hydrogen) atoms. The van der Waals surface area contributed by atoms with Crippen molar-refractivity contribution in [3.63, 3.8) is 0 Å². The van der Waals surface area contributed by atoms with E-state index in [9.17, 15) is 9.59 Å². The van der Waals surface area contributed by atoms with Gasteiger partial charge in [-0.15, -0.1) is 0 Å². The Bertz CT molecular complexity index is 1690. The summed E-state index contributed by atoms with van der Waals surface area (Å²) in [4.78, 5) is 39.1. The monoisotopic (exact) mass is 556 g/mol. The van der Waals surface area contributed by atoms with Gasteiger partial charge in [0.05, 0.1) is 11.0 Å². The Balaban J connectivity index is 0.997. The van der Waals surface area contributed by atoms with Gasteiger partial charge in [-0.3, -0.25) is 9.59 Å². The van der Waals surface area contributed by atoms with Gasteiger partial charge in [-0.2, -0.15) is 0 Å². The molecule has 210 valence electrons. The molecule has 5 aromatic rings. The van der Waals surface area contributed by atoms with Crippen molar-refractivity contribution < 1.29 is 14.3 Å². The zero-order valence-corrected chi connectivity index (χ0v) is 23.3. The summed E-state index contributed by atoms with van der Waals surface area (Å²) in [6.07, 6.45) is 3.54. The van der Waals surface area contributed by atoms with Crippen LogP contribution in [0.3, 0.4) is 0 Å². The second-order valence-electron chi connectivity index (χ2n) is 11.2. The molecule has 7 nitrogen and oxygen atoms in total. The molecule has 2 aliphatic heterocycles. The first kappa shape index (κ1) is 26.0. The molecule has 0 bridgehead atoms. The molecule has 1 aromatic heterocycles. The maximum absolute atomic E-state index is 13.7. The molecule has 2 aliphatic rings. The number of nitrogens with zero attached hydrogens (tertiary/aromatic N) is 3. The summed E-state index contributed by atoms with van der Waals surface area (Å²) in [5.41, 5.74) is 4.00. The van der Waals surface area contributed by atoms with Crippen molar-refractivity contribution in [2.75, 3.05) is 19.6 Å². The minimum absolute atomic E-state index is 0.0214. The predicted molar refractivity (Wildman–Crippen MR) is 163 cm³/mol. The number of aromatic amines is 1. The van der Waals surface area contributed by atoms with Crippen molar-refractivity contribution in [1.29, 1.82) is 0 Å². The third kappa shape index (κ3) is 4.91. The third-order valence-electron chi connectivity index (χ3n) is 8.70. The van der Waals surface area contributed by atoms with Crippen molar-refractivity contribution in [1.82, 2.24) is 19.8 Å². The largest absolute Gasteiger partial charge is 0.457 e. The van der Waals surface area contributed by atoms with Crippen LogP contribution in [0.2, 0.25) is 0 Å². The van der Waals surface area contributed by atoms with Gasteiger partial charge in [-0.1, -0.05) is 42.5 Å². The molecule has 0 unspecified atom stereocenters. The fourth-order valence-corrected chi connectivity index (χ4v) is 6.39.